The minimum absolute atomic E-state index is 0.149. The van der Waals surface area contributed by atoms with Crippen molar-refractivity contribution in [3.05, 3.63) is 0 Å². The molecule has 0 heterocycles. The van der Waals surface area contributed by atoms with Crippen molar-refractivity contribution >= 4 is 0 Å². The van der Waals surface area contributed by atoms with Crippen molar-refractivity contribution in [2.45, 2.75) is 65.0 Å². The first-order valence-corrected chi connectivity index (χ1v) is 5.55. The molecule has 2 heteroatoms. The zero-order valence-electron chi connectivity index (χ0n) is 9.38. The van der Waals surface area contributed by atoms with Gasteiger partial charge in [-0.3, -0.25) is 0 Å². The molecule has 80 valence electrons. The molecule has 0 fully saturated rings. The van der Waals surface area contributed by atoms with E-state index in [-0.39, 0.29) is 12.1 Å². The van der Waals surface area contributed by atoms with Crippen LogP contribution < -0.4 is 5.73 Å². The third kappa shape index (κ3) is 8.26. The fraction of sp³-hybridized carbons (Fsp3) is 1.00. The Kier molecular flexibility index (Phi) is 8.46. The Balaban J connectivity index is 3.07. The lowest BCUT2D eigenvalue weighted by atomic mass is 10.1. The third-order valence-corrected chi connectivity index (χ3v) is 2.37. The van der Waals surface area contributed by atoms with E-state index in [0.717, 1.165) is 6.61 Å². The van der Waals surface area contributed by atoms with Gasteiger partial charge in [-0.15, -0.1) is 0 Å². The summed E-state index contributed by atoms with van der Waals surface area (Å²) in [6, 6.07) is 0.149. The smallest absolute Gasteiger partial charge is 0.0695 e. The molecule has 0 bridgehead atoms. The van der Waals surface area contributed by atoms with Gasteiger partial charge in [0.2, 0.25) is 0 Å². The van der Waals surface area contributed by atoms with Crippen LogP contribution in [-0.4, -0.2) is 18.8 Å². The van der Waals surface area contributed by atoms with Gasteiger partial charge >= 0.3 is 0 Å². The normalized spacial score (nSPS) is 15.7. The second-order valence-corrected chi connectivity index (χ2v) is 3.85. The monoisotopic (exact) mass is 187 g/mol. The van der Waals surface area contributed by atoms with Gasteiger partial charge in [-0.1, -0.05) is 32.6 Å². The Morgan fingerprint density at radius 2 is 1.69 bits per heavy atom. The Morgan fingerprint density at radius 1 is 1.08 bits per heavy atom. The largest absolute Gasteiger partial charge is 0.377 e. The number of rotatable bonds is 8. The molecule has 0 aliphatic carbocycles. The first-order chi connectivity index (χ1) is 6.18. The van der Waals surface area contributed by atoms with Crippen LogP contribution in [0.2, 0.25) is 0 Å². The molecule has 0 aromatic heterocycles. The number of unbranched alkanes of at least 4 members (excludes halogenated alkanes) is 4. The minimum Gasteiger partial charge on any atom is -0.377 e. The van der Waals surface area contributed by atoms with E-state index in [2.05, 4.69) is 6.92 Å². The average molecular weight is 187 g/mol. The molecule has 0 saturated heterocycles. The maximum atomic E-state index is 5.67. The number of ether oxygens (including phenoxy) is 1. The van der Waals surface area contributed by atoms with E-state index in [1.165, 1.54) is 32.1 Å². The van der Waals surface area contributed by atoms with Gasteiger partial charge in [-0.05, 0) is 20.3 Å². The van der Waals surface area contributed by atoms with Crippen molar-refractivity contribution in [3.8, 4) is 0 Å². The zero-order valence-corrected chi connectivity index (χ0v) is 9.38. The van der Waals surface area contributed by atoms with E-state index in [1.807, 2.05) is 13.8 Å². The van der Waals surface area contributed by atoms with Gasteiger partial charge in [0.05, 0.1) is 6.10 Å². The minimum atomic E-state index is 0.149. The van der Waals surface area contributed by atoms with Crippen LogP contribution in [-0.2, 0) is 4.74 Å². The van der Waals surface area contributed by atoms with Gasteiger partial charge in [-0.25, -0.2) is 0 Å². The molecule has 2 atom stereocenters. The van der Waals surface area contributed by atoms with E-state index < -0.39 is 0 Å². The summed E-state index contributed by atoms with van der Waals surface area (Å²) in [5.41, 5.74) is 5.67. The molecule has 0 aliphatic rings. The van der Waals surface area contributed by atoms with Crippen LogP contribution >= 0.6 is 0 Å². The van der Waals surface area contributed by atoms with E-state index >= 15 is 0 Å². The molecule has 0 aromatic carbocycles. The molecule has 0 amide bonds. The summed E-state index contributed by atoms with van der Waals surface area (Å²) >= 11 is 0. The lowest BCUT2D eigenvalue weighted by Crippen LogP contribution is -2.31. The van der Waals surface area contributed by atoms with E-state index in [9.17, 15) is 0 Å². The molecule has 0 rings (SSSR count). The van der Waals surface area contributed by atoms with Crippen molar-refractivity contribution in [1.82, 2.24) is 0 Å². The predicted octanol–water partition coefficient (Wildman–Crippen LogP) is 2.71. The van der Waals surface area contributed by atoms with Crippen LogP contribution in [0.4, 0.5) is 0 Å². The quantitative estimate of drug-likeness (QED) is 0.593. The van der Waals surface area contributed by atoms with Crippen molar-refractivity contribution in [2.75, 3.05) is 6.61 Å². The van der Waals surface area contributed by atoms with Gasteiger partial charge in [-0.2, -0.15) is 0 Å². The predicted molar refractivity (Wildman–Crippen MR) is 57.8 cm³/mol. The molecule has 2 nitrogen and oxygen atoms in total. The lowest BCUT2D eigenvalue weighted by Gasteiger charge is -2.16. The van der Waals surface area contributed by atoms with Crippen molar-refractivity contribution in [1.29, 1.82) is 0 Å². The molecule has 13 heavy (non-hydrogen) atoms. The Bertz CT molecular complexity index is 104. The molecular weight excluding hydrogens is 162 g/mol. The topological polar surface area (TPSA) is 35.2 Å². The number of nitrogens with two attached hydrogens (primary N) is 1. The maximum absolute atomic E-state index is 5.67. The summed E-state index contributed by atoms with van der Waals surface area (Å²) in [5, 5.41) is 0. The van der Waals surface area contributed by atoms with E-state index in [1.54, 1.807) is 0 Å². The van der Waals surface area contributed by atoms with Crippen LogP contribution in [0.15, 0.2) is 0 Å². The standard InChI is InChI=1S/C11H25NO/c1-4-5-6-7-8-9-13-11(3)10(2)12/h10-11H,4-9,12H2,1-3H3/t10-,11?/m0/s1. The summed E-state index contributed by atoms with van der Waals surface area (Å²) in [7, 11) is 0. The molecule has 0 radical (unpaired) electrons. The molecule has 0 saturated carbocycles. The van der Waals surface area contributed by atoms with E-state index in [0.29, 0.717) is 0 Å². The highest BCUT2D eigenvalue weighted by molar-refractivity contribution is 4.61. The number of hydrogen-bond donors (Lipinski definition) is 1. The summed E-state index contributed by atoms with van der Waals surface area (Å²) < 4.78 is 5.56. The highest BCUT2D eigenvalue weighted by Crippen LogP contribution is 2.04. The molecular formula is C11H25NO. The highest BCUT2D eigenvalue weighted by Gasteiger charge is 2.05. The first-order valence-electron chi connectivity index (χ1n) is 5.55. The SMILES string of the molecule is CCCCCCCOC(C)[C@H](C)N. The Morgan fingerprint density at radius 3 is 2.23 bits per heavy atom. The molecule has 0 spiro atoms. The Labute approximate surface area is 82.8 Å². The summed E-state index contributed by atoms with van der Waals surface area (Å²) in [6.07, 6.45) is 6.66. The molecule has 0 aromatic rings. The van der Waals surface area contributed by atoms with Crippen LogP contribution in [0.5, 0.6) is 0 Å². The van der Waals surface area contributed by atoms with Crippen molar-refractivity contribution in [3.63, 3.8) is 0 Å². The Hall–Kier alpha value is -0.0800. The fourth-order valence-electron chi connectivity index (χ4n) is 1.13. The maximum Gasteiger partial charge on any atom is 0.0695 e. The van der Waals surface area contributed by atoms with Crippen molar-refractivity contribution < 1.29 is 4.74 Å². The zero-order chi connectivity index (χ0) is 10.1. The third-order valence-electron chi connectivity index (χ3n) is 2.37. The van der Waals surface area contributed by atoms with Gasteiger partial charge in [0.15, 0.2) is 0 Å². The molecule has 1 unspecified atom stereocenters. The van der Waals surface area contributed by atoms with E-state index in [4.69, 9.17) is 10.5 Å². The molecule has 2 N–H and O–H groups in total. The summed E-state index contributed by atoms with van der Waals surface area (Å²) in [5.74, 6) is 0. The first kappa shape index (κ1) is 12.9. The number of hydrogen-bond acceptors (Lipinski definition) is 2. The second kappa shape index (κ2) is 8.52. The second-order valence-electron chi connectivity index (χ2n) is 3.85. The van der Waals surface area contributed by atoms with Crippen LogP contribution in [0.3, 0.4) is 0 Å². The average Bonchev–Trinajstić information content (AvgIpc) is 2.10. The fourth-order valence-corrected chi connectivity index (χ4v) is 1.13. The van der Waals surface area contributed by atoms with Gasteiger partial charge in [0.1, 0.15) is 0 Å². The van der Waals surface area contributed by atoms with Crippen LogP contribution in [0, 0.1) is 0 Å². The molecule has 0 aliphatic heterocycles. The summed E-state index contributed by atoms with van der Waals surface area (Å²) in [4.78, 5) is 0. The van der Waals surface area contributed by atoms with Crippen molar-refractivity contribution in [2.24, 2.45) is 5.73 Å². The summed E-state index contributed by atoms with van der Waals surface area (Å²) in [6.45, 7) is 7.12. The van der Waals surface area contributed by atoms with Crippen LogP contribution in [0.25, 0.3) is 0 Å². The van der Waals surface area contributed by atoms with Gasteiger partial charge in [0, 0.05) is 12.6 Å². The lowest BCUT2D eigenvalue weighted by molar-refractivity contribution is 0.0496. The van der Waals surface area contributed by atoms with Crippen LogP contribution in [0.1, 0.15) is 52.9 Å². The van der Waals surface area contributed by atoms with Gasteiger partial charge < -0.3 is 10.5 Å². The highest BCUT2D eigenvalue weighted by atomic mass is 16.5. The van der Waals surface area contributed by atoms with Gasteiger partial charge in [0.25, 0.3) is 0 Å².